The third-order valence-corrected chi connectivity index (χ3v) is 6.98. The van der Waals surface area contributed by atoms with Crippen molar-refractivity contribution in [2.45, 2.75) is 25.4 Å². The number of amides is 3. The summed E-state index contributed by atoms with van der Waals surface area (Å²) in [6.07, 6.45) is 0. The lowest BCUT2D eigenvalue weighted by Gasteiger charge is -2.30. The highest BCUT2D eigenvalue weighted by molar-refractivity contribution is 6.38. The number of halogens is 2. The van der Waals surface area contributed by atoms with E-state index in [1.165, 1.54) is 6.07 Å². The van der Waals surface area contributed by atoms with Gasteiger partial charge in [-0.25, -0.2) is 4.90 Å². The van der Waals surface area contributed by atoms with Crippen LogP contribution in [0.25, 0.3) is 0 Å². The molecule has 0 bridgehead atoms. The molecule has 3 heterocycles. The van der Waals surface area contributed by atoms with Crippen LogP contribution in [0, 0.1) is 17.8 Å². The average Bonchev–Trinajstić information content (AvgIpc) is 3.29. The summed E-state index contributed by atoms with van der Waals surface area (Å²) in [7, 11) is 0. The van der Waals surface area contributed by atoms with Crippen molar-refractivity contribution in [3.05, 3.63) is 58.1 Å². The lowest BCUT2D eigenvalue weighted by molar-refractivity contribution is -0.130. The minimum absolute atomic E-state index is 0.0176. The first-order chi connectivity index (χ1) is 14.3. The van der Waals surface area contributed by atoms with Crippen LogP contribution in [-0.4, -0.2) is 23.8 Å². The fourth-order valence-corrected chi connectivity index (χ4v) is 5.53. The zero-order valence-corrected chi connectivity index (χ0v) is 17.8. The van der Waals surface area contributed by atoms with E-state index < -0.39 is 23.3 Å². The van der Waals surface area contributed by atoms with E-state index in [2.05, 4.69) is 10.6 Å². The molecule has 2 N–H and O–H groups in total. The zero-order valence-electron chi connectivity index (χ0n) is 16.3. The molecule has 4 atom stereocenters. The Kier molecular flexibility index (Phi) is 4.26. The van der Waals surface area contributed by atoms with Crippen molar-refractivity contribution in [2.75, 3.05) is 10.2 Å². The summed E-state index contributed by atoms with van der Waals surface area (Å²) in [5, 5.41) is 6.89. The number of benzene rings is 2. The number of fused-ring (bicyclic) bond motifs is 4. The van der Waals surface area contributed by atoms with E-state index in [-0.39, 0.29) is 34.5 Å². The molecule has 154 valence electrons. The van der Waals surface area contributed by atoms with Crippen LogP contribution in [0.1, 0.15) is 19.4 Å². The molecule has 8 heteroatoms. The van der Waals surface area contributed by atoms with Crippen LogP contribution in [0.5, 0.6) is 0 Å². The van der Waals surface area contributed by atoms with Crippen molar-refractivity contribution in [1.29, 1.82) is 0 Å². The van der Waals surface area contributed by atoms with E-state index in [1.807, 2.05) is 32.0 Å². The van der Waals surface area contributed by atoms with Gasteiger partial charge >= 0.3 is 0 Å². The molecule has 0 aromatic heterocycles. The predicted molar refractivity (Wildman–Crippen MR) is 114 cm³/mol. The second-order valence-electron chi connectivity index (χ2n) is 8.33. The molecule has 2 fully saturated rings. The van der Waals surface area contributed by atoms with E-state index >= 15 is 0 Å². The molecular formula is C22H19Cl2N3O3. The quantitative estimate of drug-likeness (QED) is 0.695. The number of rotatable bonds is 2. The van der Waals surface area contributed by atoms with E-state index in [0.29, 0.717) is 16.3 Å². The largest absolute Gasteiger partial charge is 0.324 e. The van der Waals surface area contributed by atoms with Gasteiger partial charge in [-0.2, -0.15) is 0 Å². The number of imide groups is 1. The third-order valence-electron chi connectivity index (χ3n) is 6.42. The Labute approximate surface area is 183 Å². The Hall–Kier alpha value is -2.41. The van der Waals surface area contributed by atoms with Crippen LogP contribution in [0.4, 0.5) is 11.4 Å². The van der Waals surface area contributed by atoms with Gasteiger partial charge in [-0.3, -0.25) is 19.7 Å². The first kappa shape index (κ1) is 19.5. The summed E-state index contributed by atoms with van der Waals surface area (Å²) in [5.74, 6) is -2.68. The number of hydrogen-bond acceptors (Lipinski definition) is 4. The van der Waals surface area contributed by atoms with Gasteiger partial charge in [0.2, 0.25) is 17.7 Å². The van der Waals surface area contributed by atoms with Crippen LogP contribution >= 0.6 is 23.2 Å². The fourth-order valence-electron chi connectivity index (χ4n) is 5.16. The summed E-state index contributed by atoms with van der Waals surface area (Å²) in [5.41, 5.74) is 0.284. The molecule has 2 aromatic carbocycles. The molecule has 3 aliphatic heterocycles. The molecular weight excluding hydrogens is 425 g/mol. The van der Waals surface area contributed by atoms with Gasteiger partial charge in [-0.15, -0.1) is 0 Å². The van der Waals surface area contributed by atoms with Gasteiger partial charge in [0.15, 0.2) is 0 Å². The van der Waals surface area contributed by atoms with Crippen molar-refractivity contribution in [3.63, 3.8) is 0 Å². The molecule has 30 heavy (non-hydrogen) atoms. The maximum absolute atomic E-state index is 13.7. The number of nitrogens with one attached hydrogen (secondary N) is 2. The van der Waals surface area contributed by atoms with Gasteiger partial charge < -0.3 is 5.32 Å². The van der Waals surface area contributed by atoms with Gasteiger partial charge in [-0.05, 0) is 30.2 Å². The van der Waals surface area contributed by atoms with E-state index in [1.54, 1.807) is 18.2 Å². The SMILES string of the molecule is CC(C)C1NC2(C(=O)Nc3ccccc32)C2C(=O)N(c3cc(Cl)ccc3Cl)C(=O)C12. The number of para-hydroxylation sites is 1. The normalized spacial score (nSPS) is 29.7. The lowest BCUT2D eigenvalue weighted by Crippen LogP contribution is -2.54. The number of hydrogen-bond donors (Lipinski definition) is 2. The van der Waals surface area contributed by atoms with Crippen LogP contribution < -0.4 is 15.5 Å². The standard InChI is InChI=1S/C22H19Cl2N3O3/c1-10(2)18-16-17(22(26-18)12-5-3-4-6-14(12)25-21(22)30)20(29)27(19(16)28)15-9-11(23)7-8-13(15)24/h3-10,16-18,26H,1-2H3,(H,25,30). The molecule has 0 aliphatic carbocycles. The smallest absolute Gasteiger partial charge is 0.250 e. The Morgan fingerprint density at radius 1 is 1.03 bits per heavy atom. The van der Waals surface area contributed by atoms with Crippen molar-refractivity contribution < 1.29 is 14.4 Å². The summed E-state index contributed by atoms with van der Waals surface area (Å²) in [4.78, 5) is 41.7. The van der Waals surface area contributed by atoms with E-state index in [4.69, 9.17) is 23.2 Å². The molecule has 4 unspecified atom stereocenters. The summed E-state index contributed by atoms with van der Waals surface area (Å²) < 4.78 is 0. The van der Waals surface area contributed by atoms with Crippen molar-refractivity contribution in [3.8, 4) is 0 Å². The minimum Gasteiger partial charge on any atom is -0.324 e. The van der Waals surface area contributed by atoms with Crippen molar-refractivity contribution in [2.24, 2.45) is 17.8 Å². The van der Waals surface area contributed by atoms with E-state index in [0.717, 1.165) is 4.90 Å². The van der Waals surface area contributed by atoms with Gasteiger partial charge in [-0.1, -0.05) is 55.2 Å². The second kappa shape index (κ2) is 6.54. The topological polar surface area (TPSA) is 78.5 Å². The first-order valence-corrected chi connectivity index (χ1v) is 10.5. The number of carbonyl (C=O) groups excluding carboxylic acids is 3. The Morgan fingerprint density at radius 3 is 2.50 bits per heavy atom. The Bertz CT molecular complexity index is 1120. The molecule has 2 saturated heterocycles. The molecule has 3 aliphatic rings. The Balaban J connectivity index is 1.71. The first-order valence-electron chi connectivity index (χ1n) is 9.79. The molecule has 2 aromatic rings. The number of anilines is 2. The van der Waals surface area contributed by atoms with Crippen LogP contribution in [0.3, 0.4) is 0 Å². The monoisotopic (exact) mass is 443 g/mol. The lowest BCUT2D eigenvalue weighted by atomic mass is 9.76. The maximum atomic E-state index is 13.7. The van der Waals surface area contributed by atoms with Gasteiger partial charge in [0.05, 0.1) is 22.5 Å². The van der Waals surface area contributed by atoms with Crippen LogP contribution in [0.2, 0.25) is 10.0 Å². The number of nitrogens with zero attached hydrogens (tertiary/aromatic N) is 1. The van der Waals surface area contributed by atoms with Gasteiger partial charge in [0.25, 0.3) is 0 Å². The molecule has 3 amide bonds. The second-order valence-corrected chi connectivity index (χ2v) is 9.18. The van der Waals surface area contributed by atoms with Crippen molar-refractivity contribution >= 4 is 52.3 Å². The van der Waals surface area contributed by atoms with Crippen LogP contribution in [-0.2, 0) is 19.9 Å². The highest BCUT2D eigenvalue weighted by Gasteiger charge is 2.71. The van der Waals surface area contributed by atoms with Crippen molar-refractivity contribution in [1.82, 2.24) is 5.32 Å². The molecule has 0 saturated carbocycles. The highest BCUT2D eigenvalue weighted by atomic mass is 35.5. The third kappa shape index (κ3) is 2.38. The zero-order chi connectivity index (χ0) is 21.4. The summed E-state index contributed by atoms with van der Waals surface area (Å²) in [6, 6.07) is 11.6. The minimum atomic E-state index is -1.30. The van der Waals surface area contributed by atoms with E-state index in [9.17, 15) is 14.4 Å². The molecule has 0 radical (unpaired) electrons. The number of carbonyl (C=O) groups is 3. The maximum Gasteiger partial charge on any atom is 0.250 e. The Morgan fingerprint density at radius 2 is 1.77 bits per heavy atom. The predicted octanol–water partition coefficient (Wildman–Crippen LogP) is 3.57. The highest BCUT2D eigenvalue weighted by Crippen LogP contribution is 2.54. The molecule has 6 nitrogen and oxygen atoms in total. The van der Waals surface area contributed by atoms with Crippen LogP contribution in [0.15, 0.2) is 42.5 Å². The average molecular weight is 444 g/mol. The van der Waals surface area contributed by atoms with Gasteiger partial charge in [0, 0.05) is 22.3 Å². The summed E-state index contributed by atoms with van der Waals surface area (Å²) in [6.45, 7) is 3.94. The molecule has 1 spiro atoms. The fraction of sp³-hybridized carbons (Fsp3) is 0.318. The summed E-state index contributed by atoms with van der Waals surface area (Å²) >= 11 is 12.4. The van der Waals surface area contributed by atoms with Gasteiger partial charge in [0.1, 0.15) is 5.54 Å². The molecule has 5 rings (SSSR count).